The maximum absolute atomic E-state index is 12.1. The van der Waals surface area contributed by atoms with Crippen LogP contribution in [0.2, 0.25) is 0 Å². The molecule has 0 aliphatic carbocycles. The number of hydrogen-bond donors (Lipinski definition) is 1. The molecule has 0 unspecified atom stereocenters. The van der Waals surface area contributed by atoms with E-state index in [2.05, 4.69) is 5.32 Å². The van der Waals surface area contributed by atoms with Crippen LogP contribution in [0.25, 0.3) is 6.08 Å². The molecule has 148 valence electrons. The van der Waals surface area contributed by atoms with Crippen LogP contribution in [0.3, 0.4) is 0 Å². The Morgan fingerprint density at radius 1 is 0.897 bits per heavy atom. The molecule has 0 aromatic heterocycles. The SMILES string of the molecule is COc1ccc(CCNC(=O)/C=C/c2cccc(OCc3ccccc3)c2)cc1. The second-order valence-electron chi connectivity index (χ2n) is 6.57. The monoisotopic (exact) mass is 387 g/mol. The van der Waals surface area contributed by atoms with E-state index in [0.717, 1.165) is 34.6 Å². The first-order valence-electron chi connectivity index (χ1n) is 9.58. The summed E-state index contributed by atoms with van der Waals surface area (Å²) < 4.78 is 11.0. The fourth-order valence-corrected chi connectivity index (χ4v) is 2.80. The molecule has 0 heterocycles. The van der Waals surface area contributed by atoms with Crippen LogP contribution in [-0.4, -0.2) is 19.6 Å². The smallest absolute Gasteiger partial charge is 0.244 e. The highest BCUT2D eigenvalue weighted by Gasteiger charge is 1.99. The zero-order valence-electron chi connectivity index (χ0n) is 16.5. The fraction of sp³-hybridized carbons (Fsp3) is 0.160. The van der Waals surface area contributed by atoms with E-state index in [1.165, 1.54) is 0 Å². The summed E-state index contributed by atoms with van der Waals surface area (Å²) in [5, 5.41) is 2.90. The van der Waals surface area contributed by atoms with Gasteiger partial charge in [-0.3, -0.25) is 4.79 Å². The highest BCUT2D eigenvalue weighted by atomic mass is 16.5. The number of amides is 1. The average Bonchev–Trinajstić information content (AvgIpc) is 2.78. The van der Waals surface area contributed by atoms with E-state index in [4.69, 9.17) is 9.47 Å². The third-order valence-corrected chi connectivity index (χ3v) is 4.41. The number of hydrogen-bond acceptors (Lipinski definition) is 3. The summed E-state index contributed by atoms with van der Waals surface area (Å²) >= 11 is 0. The van der Waals surface area contributed by atoms with Crippen molar-refractivity contribution in [3.05, 3.63) is 102 Å². The predicted octanol–water partition coefficient (Wildman–Crippen LogP) is 4.65. The van der Waals surface area contributed by atoms with Gasteiger partial charge in [0, 0.05) is 12.6 Å². The number of benzene rings is 3. The van der Waals surface area contributed by atoms with Crippen molar-refractivity contribution < 1.29 is 14.3 Å². The molecule has 0 bridgehead atoms. The third kappa shape index (κ3) is 6.85. The minimum Gasteiger partial charge on any atom is -0.497 e. The van der Waals surface area contributed by atoms with E-state index in [1.54, 1.807) is 19.3 Å². The Labute approximate surface area is 171 Å². The van der Waals surface area contributed by atoms with Crippen molar-refractivity contribution in [1.82, 2.24) is 5.32 Å². The summed E-state index contributed by atoms with van der Waals surface area (Å²) in [6, 6.07) is 25.6. The van der Waals surface area contributed by atoms with Crippen LogP contribution in [0.15, 0.2) is 84.9 Å². The fourth-order valence-electron chi connectivity index (χ4n) is 2.80. The molecule has 0 saturated carbocycles. The number of carbonyl (C=O) groups is 1. The summed E-state index contributed by atoms with van der Waals surface area (Å²) in [6.07, 6.45) is 4.11. The standard InChI is InChI=1S/C25H25NO3/c1-28-23-13-10-20(11-14-23)16-17-26-25(27)15-12-21-8-5-9-24(18-21)29-19-22-6-3-2-4-7-22/h2-15,18H,16-17,19H2,1H3,(H,26,27)/b15-12+. The van der Waals surface area contributed by atoms with Crippen molar-refractivity contribution in [3.8, 4) is 11.5 Å². The quantitative estimate of drug-likeness (QED) is 0.544. The third-order valence-electron chi connectivity index (χ3n) is 4.41. The van der Waals surface area contributed by atoms with Gasteiger partial charge in [-0.2, -0.15) is 0 Å². The van der Waals surface area contributed by atoms with Crippen molar-refractivity contribution >= 4 is 12.0 Å². The molecule has 0 spiro atoms. The van der Waals surface area contributed by atoms with Crippen molar-refractivity contribution in [2.75, 3.05) is 13.7 Å². The largest absolute Gasteiger partial charge is 0.497 e. The molecule has 3 rings (SSSR count). The van der Waals surface area contributed by atoms with Crippen molar-refractivity contribution in [1.29, 1.82) is 0 Å². The van der Waals surface area contributed by atoms with Gasteiger partial charge in [-0.15, -0.1) is 0 Å². The minimum atomic E-state index is -0.117. The molecular weight excluding hydrogens is 362 g/mol. The van der Waals surface area contributed by atoms with E-state index in [9.17, 15) is 4.79 Å². The van der Waals surface area contributed by atoms with Crippen LogP contribution in [0.5, 0.6) is 11.5 Å². The molecular formula is C25H25NO3. The van der Waals surface area contributed by atoms with Crippen molar-refractivity contribution in [2.45, 2.75) is 13.0 Å². The summed E-state index contributed by atoms with van der Waals surface area (Å²) in [7, 11) is 1.65. The van der Waals surface area contributed by atoms with Gasteiger partial charge in [-0.25, -0.2) is 0 Å². The van der Waals surface area contributed by atoms with E-state index in [1.807, 2.05) is 78.9 Å². The van der Waals surface area contributed by atoms with E-state index < -0.39 is 0 Å². The van der Waals surface area contributed by atoms with E-state index >= 15 is 0 Å². The first-order valence-corrected chi connectivity index (χ1v) is 9.58. The van der Waals surface area contributed by atoms with Gasteiger partial charge in [0.05, 0.1) is 7.11 Å². The lowest BCUT2D eigenvalue weighted by Crippen LogP contribution is -2.23. The topological polar surface area (TPSA) is 47.6 Å². The van der Waals surface area contributed by atoms with Crippen LogP contribution in [0.1, 0.15) is 16.7 Å². The molecule has 0 atom stereocenters. The number of methoxy groups -OCH3 is 1. The molecule has 0 saturated heterocycles. The number of rotatable bonds is 9. The van der Waals surface area contributed by atoms with Gasteiger partial charge in [0.25, 0.3) is 0 Å². The summed E-state index contributed by atoms with van der Waals surface area (Å²) in [5.74, 6) is 1.49. The summed E-state index contributed by atoms with van der Waals surface area (Å²) in [4.78, 5) is 12.1. The van der Waals surface area contributed by atoms with Gasteiger partial charge in [0.1, 0.15) is 18.1 Å². The predicted molar refractivity (Wildman–Crippen MR) is 116 cm³/mol. The molecule has 4 nitrogen and oxygen atoms in total. The molecule has 0 fully saturated rings. The number of nitrogens with one attached hydrogen (secondary N) is 1. The minimum absolute atomic E-state index is 0.117. The molecule has 1 amide bonds. The van der Waals surface area contributed by atoms with Gasteiger partial charge in [-0.1, -0.05) is 54.6 Å². The summed E-state index contributed by atoms with van der Waals surface area (Å²) in [6.45, 7) is 1.09. The Bertz CT molecular complexity index is 934. The molecule has 3 aromatic carbocycles. The molecule has 3 aromatic rings. The highest BCUT2D eigenvalue weighted by molar-refractivity contribution is 5.91. The van der Waals surface area contributed by atoms with E-state index in [-0.39, 0.29) is 5.91 Å². The Balaban J connectivity index is 1.45. The normalized spacial score (nSPS) is 10.7. The Hall–Kier alpha value is -3.53. The Morgan fingerprint density at radius 3 is 2.45 bits per heavy atom. The second kappa shape index (κ2) is 10.7. The summed E-state index contributed by atoms with van der Waals surface area (Å²) in [5.41, 5.74) is 3.18. The van der Waals surface area contributed by atoms with Crippen LogP contribution in [0, 0.1) is 0 Å². The first-order chi connectivity index (χ1) is 14.2. The Morgan fingerprint density at radius 2 is 1.69 bits per heavy atom. The zero-order chi connectivity index (χ0) is 20.3. The maximum Gasteiger partial charge on any atom is 0.244 e. The molecule has 0 aliphatic rings. The van der Waals surface area contributed by atoms with Gasteiger partial charge in [0.15, 0.2) is 0 Å². The van der Waals surface area contributed by atoms with Gasteiger partial charge in [0.2, 0.25) is 5.91 Å². The van der Waals surface area contributed by atoms with Crippen molar-refractivity contribution in [2.24, 2.45) is 0 Å². The second-order valence-corrected chi connectivity index (χ2v) is 6.57. The van der Waals surface area contributed by atoms with Gasteiger partial charge < -0.3 is 14.8 Å². The maximum atomic E-state index is 12.1. The highest BCUT2D eigenvalue weighted by Crippen LogP contribution is 2.16. The molecule has 4 heteroatoms. The van der Waals surface area contributed by atoms with Crippen LogP contribution in [0.4, 0.5) is 0 Å². The van der Waals surface area contributed by atoms with Crippen molar-refractivity contribution in [3.63, 3.8) is 0 Å². The molecule has 0 radical (unpaired) electrons. The molecule has 29 heavy (non-hydrogen) atoms. The van der Waals surface area contributed by atoms with Gasteiger partial charge >= 0.3 is 0 Å². The lowest BCUT2D eigenvalue weighted by atomic mass is 10.1. The average molecular weight is 387 g/mol. The molecule has 0 aliphatic heterocycles. The van der Waals surface area contributed by atoms with Crippen LogP contribution in [-0.2, 0) is 17.8 Å². The number of ether oxygens (including phenoxy) is 2. The Kier molecular flexibility index (Phi) is 7.47. The van der Waals surface area contributed by atoms with Crippen LogP contribution >= 0.6 is 0 Å². The van der Waals surface area contributed by atoms with Gasteiger partial charge in [-0.05, 0) is 53.5 Å². The van der Waals surface area contributed by atoms with E-state index in [0.29, 0.717) is 13.2 Å². The number of carbonyl (C=O) groups excluding carboxylic acids is 1. The zero-order valence-corrected chi connectivity index (χ0v) is 16.5. The molecule has 1 N–H and O–H groups in total. The van der Waals surface area contributed by atoms with Crippen LogP contribution < -0.4 is 14.8 Å². The lowest BCUT2D eigenvalue weighted by molar-refractivity contribution is -0.116. The first kappa shape index (κ1) is 20.2. The lowest BCUT2D eigenvalue weighted by Gasteiger charge is -2.07.